The molecule has 0 aliphatic rings. The van der Waals surface area contributed by atoms with E-state index in [2.05, 4.69) is 30.5 Å². The van der Waals surface area contributed by atoms with Crippen molar-refractivity contribution in [3.05, 3.63) is 18.0 Å². The van der Waals surface area contributed by atoms with Crippen LogP contribution in [0.25, 0.3) is 0 Å². The molecule has 0 aliphatic carbocycles. The van der Waals surface area contributed by atoms with Crippen LogP contribution in [0.15, 0.2) is 12.4 Å². The summed E-state index contributed by atoms with van der Waals surface area (Å²) in [6, 6.07) is 0. The molecule has 0 spiro atoms. The van der Waals surface area contributed by atoms with Crippen molar-refractivity contribution in [3.63, 3.8) is 0 Å². The van der Waals surface area contributed by atoms with Crippen LogP contribution in [-0.4, -0.2) is 43.3 Å². The number of hydrogen-bond acceptors (Lipinski definition) is 4. The number of nitrogens with one attached hydrogen (secondary N) is 1. The van der Waals surface area contributed by atoms with E-state index >= 15 is 0 Å². The molecular formula is C14H27N3O2. The fraction of sp³-hybridized carbons (Fsp3) is 0.786. The highest BCUT2D eigenvalue weighted by molar-refractivity contribution is 5.03. The molecule has 0 aliphatic heterocycles. The average Bonchev–Trinajstić information content (AvgIpc) is 2.81. The van der Waals surface area contributed by atoms with Crippen LogP contribution in [0.1, 0.15) is 25.8 Å². The van der Waals surface area contributed by atoms with Gasteiger partial charge in [0.05, 0.1) is 19.3 Å². The number of rotatable bonds is 11. The molecule has 1 aromatic heterocycles. The van der Waals surface area contributed by atoms with Gasteiger partial charge in [-0.2, -0.15) is 5.10 Å². The summed E-state index contributed by atoms with van der Waals surface area (Å²) >= 11 is 0. The molecule has 0 fully saturated rings. The number of methoxy groups -OCH3 is 1. The summed E-state index contributed by atoms with van der Waals surface area (Å²) in [6.45, 7) is 9.34. The molecule has 0 saturated carbocycles. The first kappa shape index (κ1) is 16.1. The summed E-state index contributed by atoms with van der Waals surface area (Å²) in [7, 11) is 1.71. The molecular weight excluding hydrogens is 242 g/mol. The Bertz CT molecular complexity index is 326. The van der Waals surface area contributed by atoms with E-state index in [1.54, 1.807) is 7.11 Å². The van der Waals surface area contributed by atoms with Crippen LogP contribution < -0.4 is 5.32 Å². The highest BCUT2D eigenvalue weighted by atomic mass is 16.5. The molecule has 5 nitrogen and oxygen atoms in total. The number of hydrogen-bond donors (Lipinski definition) is 1. The Kier molecular flexibility index (Phi) is 8.45. The zero-order valence-corrected chi connectivity index (χ0v) is 12.4. The number of ether oxygens (including phenoxy) is 2. The number of nitrogens with zero attached hydrogens (tertiary/aromatic N) is 2. The summed E-state index contributed by atoms with van der Waals surface area (Å²) in [5.41, 5.74) is 1.22. The molecule has 0 bridgehead atoms. The highest BCUT2D eigenvalue weighted by Crippen LogP contribution is 1.98. The minimum atomic E-state index is 0.676. The predicted molar refractivity (Wildman–Crippen MR) is 76.1 cm³/mol. The lowest BCUT2D eigenvalue weighted by Crippen LogP contribution is -2.18. The largest absolute Gasteiger partial charge is 0.385 e. The van der Waals surface area contributed by atoms with Gasteiger partial charge in [0, 0.05) is 38.6 Å². The molecule has 5 heteroatoms. The van der Waals surface area contributed by atoms with Gasteiger partial charge >= 0.3 is 0 Å². The van der Waals surface area contributed by atoms with E-state index in [1.165, 1.54) is 5.56 Å². The summed E-state index contributed by atoms with van der Waals surface area (Å²) < 4.78 is 12.4. The molecule has 0 unspecified atom stereocenters. The third kappa shape index (κ3) is 7.97. The molecule has 0 saturated heterocycles. The topological polar surface area (TPSA) is 48.3 Å². The van der Waals surface area contributed by atoms with Crippen molar-refractivity contribution in [1.29, 1.82) is 0 Å². The van der Waals surface area contributed by atoms with E-state index in [1.807, 2.05) is 10.9 Å². The third-order valence-electron chi connectivity index (χ3n) is 2.67. The average molecular weight is 269 g/mol. The van der Waals surface area contributed by atoms with Crippen molar-refractivity contribution in [2.24, 2.45) is 5.92 Å². The van der Waals surface area contributed by atoms with Gasteiger partial charge in [0.2, 0.25) is 0 Å². The first-order chi connectivity index (χ1) is 9.22. The Labute approximate surface area is 116 Å². The normalized spacial score (nSPS) is 11.4. The van der Waals surface area contributed by atoms with Crippen LogP contribution >= 0.6 is 0 Å². The maximum atomic E-state index is 5.51. The molecule has 1 heterocycles. The first-order valence-corrected chi connectivity index (χ1v) is 7.01. The van der Waals surface area contributed by atoms with Crippen LogP contribution in [0.5, 0.6) is 0 Å². The third-order valence-corrected chi connectivity index (χ3v) is 2.67. The van der Waals surface area contributed by atoms with Gasteiger partial charge in [-0.3, -0.25) is 4.68 Å². The molecule has 1 aromatic rings. The van der Waals surface area contributed by atoms with E-state index in [-0.39, 0.29) is 0 Å². The molecule has 0 aromatic carbocycles. The predicted octanol–water partition coefficient (Wildman–Crippen LogP) is 1.68. The second-order valence-electron chi connectivity index (χ2n) is 5.10. The summed E-state index contributed by atoms with van der Waals surface area (Å²) in [5.74, 6) is 0.676. The highest BCUT2D eigenvalue weighted by Gasteiger charge is 1.99. The van der Waals surface area contributed by atoms with Gasteiger partial charge < -0.3 is 14.8 Å². The second kappa shape index (κ2) is 9.95. The fourth-order valence-corrected chi connectivity index (χ4v) is 1.69. The van der Waals surface area contributed by atoms with Crippen molar-refractivity contribution in [2.75, 3.05) is 33.5 Å². The van der Waals surface area contributed by atoms with Gasteiger partial charge in [-0.1, -0.05) is 13.8 Å². The lowest BCUT2D eigenvalue weighted by atomic mass is 10.2. The van der Waals surface area contributed by atoms with Gasteiger partial charge in [0.25, 0.3) is 0 Å². The van der Waals surface area contributed by atoms with Crippen LogP contribution in [0.3, 0.4) is 0 Å². The molecule has 1 N–H and O–H groups in total. The Balaban J connectivity index is 2.09. The van der Waals surface area contributed by atoms with Crippen molar-refractivity contribution in [3.8, 4) is 0 Å². The van der Waals surface area contributed by atoms with Crippen molar-refractivity contribution in [1.82, 2.24) is 15.1 Å². The molecule has 19 heavy (non-hydrogen) atoms. The maximum Gasteiger partial charge on any atom is 0.0662 e. The zero-order valence-electron chi connectivity index (χ0n) is 12.4. The zero-order chi connectivity index (χ0) is 13.9. The van der Waals surface area contributed by atoms with Crippen LogP contribution in [0.4, 0.5) is 0 Å². The minimum Gasteiger partial charge on any atom is -0.385 e. The standard InChI is InChI=1S/C14H27N3O2/c1-13(2)9-15-10-14-11-16-17(12-14)5-8-19-7-4-6-18-3/h11-13,15H,4-10H2,1-3H3. The van der Waals surface area contributed by atoms with Crippen molar-refractivity contribution in [2.45, 2.75) is 33.4 Å². The van der Waals surface area contributed by atoms with Gasteiger partial charge in [-0.05, 0) is 18.9 Å². The molecule has 0 radical (unpaired) electrons. The molecule has 0 amide bonds. The molecule has 1 rings (SSSR count). The number of aromatic nitrogens is 2. The van der Waals surface area contributed by atoms with E-state index < -0.39 is 0 Å². The summed E-state index contributed by atoms with van der Waals surface area (Å²) in [4.78, 5) is 0. The monoisotopic (exact) mass is 269 g/mol. The minimum absolute atomic E-state index is 0.676. The Hall–Kier alpha value is -0.910. The lowest BCUT2D eigenvalue weighted by molar-refractivity contribution is 0.0961. The fourth-order valence-electron chi connectivity index (χ4n) is 1.69. The Morgan fingerprint density at radius 2 is 2.16 bits per heavy atom. The smallest absolute Gasteiger partial charge is 0.0662 e. The molecule has 110 valence electrons. The van der Waals surface area contributed by atoms with Crippen molar-refractivity contribution >= 4 is 0 Å². The lowest BCUT2D eigenvalue weighted by Gasteiger charge is -2.05. The van der Waals surface area contributed by atoms with E-state index in [0.29, 0.717) is 12.5 Å². The van der Waals surface area contributed by atoms with Gasteiger partial charge in [0.15, 0.2) is 0 Å². The summed E-state index contributed by atoms with van der Waals surface area (Å²) in [5, 5.41) is 7.73. The van der Waals surface area contributed by atoms with Crippen LogP contribution in [0.2, 0.25) is 0 Å². The van der Waals surface area contributed by atoms with E-state index in [0.717, 1.165) is 39.3 Å². The Morgan fingerprint density at radius 3 is 2.89 bits per heavy atom. The van der Waals surface area contributed by atoms with Crippen LogP contribution in [-0.2, 0) is 22.6 Å². The summed E-state index contributed by atoms with van der Waals surface area (Å²) in [6.07, 6.45) is 4.93. The van der Waals surface area contributed by atoms with Gasteiger partial charge in [0.1, 0.15) is 0 Å². The first-order valence-electron chi connectivity index (χ1n) is 7.01. The second-order valence-corrected chi connectivity index (χ2v) is 5.10. The van der Waals surface area contributed by atoms with Crippen LogP contribution in [0, 0.1) is 5.92 Å². The van der Waals surface area contributed by atoms with Gasteiger partial charge in [-0.15, -0.1) is 0 Å². The van der Waals surface area contributed by atoms with Gasteiger partial charge in [-0.25, -0.2) is 0 Å². The van der Waals surface area contributed by atoms with Crippen molar-refractivity contribution < 1.29 is 9.47 Å². The quantitative estimate of drug-likeness (QED) is 0.621. The van der Waals surface area contributed by atoms with E-state index in [9.17, 15) is 0 Å². The van der Waals surface area contributed by atoms with E-state index in [4.69, 9.17) is 9.47 Å². The SMILES string of the molecule is COCCCOCCn1cc(CNCC(C)C)cn1. The molecule has 0 atom stereocenters. The maximum absolute atomic E-state index is 5.51. The Morgan fingerprint density at radius 1 is 1.32 bits per heavy atom.